The van der Waals surface area contributed by atoms with E-state index in [1.165, 1.54) is 19.2 Å². The first-order chi connectivity index (χ1) is 9.52. The zero-order valence-electron chi connectivity index (χ0n) is 10.6. The molecule has 2 aromatic rings. The smallest absolute Gasteiger partial charge is 0.356 e. The van der Waals surface area contributed by atoms with Crippen molar-refractivity contribution in [2.75, 3.05) is 7.11 Å². The molecule has 0 fully saturated rings. The van der Waals surface area contributed by atoms with Crippen molar-refractivity contribution in [1.82, 2.24) is 14.5 Å². The Labute approximate surface area is 117 Å². The number of aromatic nitrogens is 3. The van der Waals surface area contributed by atoms with Crippen LogP contribution in [0, 0.1) is 10.1 Å². The van der Waals surface area contributed by atoms with E-state index in [4.69, 9.17) is 0 Å². The second-order valence-electron chi connectivity index (χ2n) is 3.69. The highest BCUT2D eigenvalue weighted by Crippen LogP contribution is 2.32. The van der Waals surface area contributed by atoms with Gasteiger partial charge in [-0.05, 0) is 17.8 Å². The minimum absolute atomic E-state index is 0.00908. The zero-order valence-corrected chi connectivity index (χ0v) is 11.5. The minimum Gasteiger partial charge on any atom is -0.464 e. The summed E-state index contributed by atoms with van der Waals surface area (Å²) in [5.41, 5.74) is -0.180. The molecule has 0 bridgehead atoms. The van der Waals surface area contributed by atoms with Crippen LogP contribution in [0.1, 0.15) is 10.5 Å². The van der Waals surface area contributed by atoms with Gasteiger partial charge in [-0.15, -0.1) is 0 Å². The molecule has 0 aliphatic carbocycles. The predicted octanol–water partition coefficient (Wildman–Crippen LogP) is 1.66. The summed E-state index contributed by atoms with van der Waals surface area (Å²) in [5, 5.41) is 11.6. The Balaban J connectivity index is 2.44. The van der Waals surface area contributed by atoms with Crippen LogP contribution >= 0.6 is 11.8 Å². The lowest BCUT2D eigenvalue weighted by molar-refractivity contribution is -0.388. The van der Waals surface area contributed by atoms with Crippen molar-refractivity contribution < 1.29 is 14.5 Å². The van der Waals surface area contributed by atoms with Crippen LogP contribution in [0.4, 0.5) is 5.69 Å². The Morgan fingerprint density at radius 1 is 1.50 bits per heavy atom. The maximum absolute atomic E-state index is 11.4. The summed E-state index contributed by atoms with van der Waals surface area (Å²) in [4.78, 5) is 29.9. The average Bonchev–Trinajstić information content (AvgIpc) is 2.83. The molecule has 0 unspecified atom stereocenters. The summed E-state index contributed by atoms with van der Waals surface area (Å²) < 4.78 is 6.24. The van der Waals surface area contributed by atoms with Crippen LogP contribution in [0.25, 0.3) is 0 Å². The molecule has 104 valence electrons. The number of esters is 1. The van der Waals surface area contributed by atoms with Gasteiger partial charge in [0.15, 0.2) is 10.2 Å². The minimum atomic E-state index is -0.651. The molecule has 0 amide bonds. The van der Waals surface area contributed by atoms with Crippen molar-refractivity contribution in [3.8, 4) is 0 Å². The fourth-order valence-electron chi connectivity index (χ4n) is 1.40. The number of rotatable bonds is 4. The van der Waals surface area contributed by atoms with Gasteiger partial charge in [-0.3, -0.25) is 10.1 Å². The molecule has 0 aliphatic rings. The molecule has 0 radical (unpaired) electrons. The Hall–Kier alpha value is -2.42. The van der Waals surface area contributed by atoms with E-state index in [9.17, 15) is 14.9 Å². The molecule has 2 rings (SSSR count). The fourth-order valence-corrected chi connectivity index (χ4v) is 2.28. The Kier molecular flexibility index (Phi) is 3.99. The SMILES string of the molecule is COC(=O)c1ccc([N+](=O)[O-])c(Sc2nccn2C)n1. The Morgan fingerprint density at radius 3 is 2.80 bits per heavy atom. The van der Waals surface area contributed by atoms with E-state index in [0.29, 0.717) is 5.16 Å². The van der Waals surface area contributed by atoms with Crippen LogP contribution in [-0.4, -0.2) is 32.5 Å². The van der Waals surface area contributed by atoms with Crippen LogP contribution in [0.2, 0.25) is 0 Å². The van der Waals surface area contributed by atoms with E-state index >= 15 is 0 Å². The fraction of sp³-hybridized carbons (Fsp3) is 0.182. The lowest BCUT2D eigenvalue weighted by Gasteiger charge is -2.04. The molecule has 0 saturated carbocycles. The van der Waals surface area contributed by atoms with E-state index in [0.717, 1.165) is 11.8 Å². The van der Waals surface area contributed by atoms with Crippen LogP contribution in [0.5, 0.6) is 0 Å². The highest BCUT2D eigenvalue weighted by Gasteiger charge is 2.21. The van der Waals surface area contributed by atoms with Gasteiger partial charge in [0.25, 0.3) is 0 Å². The molecular formula is C11H10N4O4S. The highest BCUT2D eigenvalue weighted by molar-refractivity contribution is 7.99. The van der Waals surface area contributed by atoms with Gasteiger partial charge in [-0.2, -0.15) is 0 Å². The van der Waals surface area contributed by atoms with Crippen LogP contribution in [-0.2, 0) is 11.8 Å². The third-order valence-corrected chi connectivity index (χ3v) is 3.47. The number of carbonyl (C=O) groups is 1. The Morgan fingerprint density at radius 2 is 2.25 bits per heavy atom. The summed E-state index contributed by atoms with van der Waals surface area (Å²) in [6.07, 6.45) is 3.27. The predicted molar refractivity (Wildman–Crippen MR) is 69.6 cm³/mol. The van der Waals surface area contributed by atoms with Crippen LogP contribution in [0.15, 0.2) is 34.7 Å². The first-order valence-corrected chi connectivity index (χ1v) is 6.23. The summed E-state index contributed by atoms with van der Waals surface area (Å²) >= 11 is 1.01. The lowest BCUT2D eigenvalue weighted by atomic mass is 10.3. The molecule has 0 aromatic carbocycles. The van der Waals surface area contributed by atoms with Gasteiger partial charge >= 0.3 is 11.7 Å². The summed E-state index contributed by atoms with van der Waals surface area (Å²) in [6, 6.07) is 2.48. The number of hydrogen-bond donors (Lipinski definition) is 0. The van der Waals surface area contributed by atoms with E-state index in [2.05, 4.69) is 14.7 Å². The van der Waals surface area contributed by atoms with Gasteiger partial charge in [0, 0.05) is 25.5 Å². The van der Waals surface area contributed by atoms with Crippen molar-refractivity contribution in [1.29, 1.82) is 0 Å². The van der Waals surface area contributed by atoms with Crippen molar-refractivity contribution in [3.63, 3.8) is 0 Å². The number of nitrogens with zero attached hydrogens (tertiary/aromatic N) is 4. The molecule has 0 spiro atoms. The first-order valence-electron chi connectivity index (χ1n) is 5.42. The summed E-state index contributed by atoms with van der Waals surface area (Å²) in [5.74, 6) is -0.651. The number of ether oxygens (including phenoxy) is 1. The number of imidazole rings is 1. The molecule has 20 heavy (non-hydrogen) atoms. The average molecular weight is 294 g/mol. The van der Waals surface area contributed by atoms with Gasteiger partial charge in [0.2, 0.25) is 0 Å². The highest BCUT2D eigenvalue weighted by atomic mass is 32.2. The second-order valence-corrected chi connectivity index (χ2v) is 4.65. The van der Waals surface area contributed by atoms with Crippen molar-refractivity contribution in [2.24, 2.45) is 7.05 Å². The third kappa shape index (κ3) is 2.77. The number of nitro groups is 1. The van der Waals surface area contributed by atoms with E-state index in [1.807, 2.05) is 0 Å². The molecule has 0 aliphatic heterocycles. The van der Waals surface area contributed by atoms with Gasteiger partial charge in [-0.25, -0.2) is 14.8 Å². The lowest BCUT2D eigenvalue weighted by Crippen LogP contribution is -2.06. The van der Waals surface area contributed by atoms with Crippen LogP contribution < -0.4 is 0 Å². The maximum Gasteiger partial charge on any atom is 0.356 e. The molecule has 2 heterocycles. The number of aryl methyl sites for hydroxylation is 1. The second kappa shape index (κ2) is 5.70. The molecule has 0 atom stereocenters. The van der Waals surface area contributed by atoms with E-state index < -0.39 is 10.9 Å². The van der Waals surface area contributed by atoms with Crippen molar-refractivity contribution >= 4 is 23.4 Å². The van der Waals surface area contributed by atoms with E-state index in [-0.39, 0.29) is 16.4 Å². The normalized spacial score (nSPS) is 10.3. The monoisotopic (exact) mass is 294 g/mol. The molecular weight excluding hydrogens is 284 g/mol. The quantitative estimate of drug-likeness (QED) is 0.480. The van der Waals surface area contributed by atoms with Gasteiger partial charge in [0.05, 0.1) is 12.0 Å². The Bertz CT molecular complexity index is 670. The maximum atomic E-state index is 11.4. The molecule has 0 saturated heterocycles. The van der Waals surface area contributed by atoms with Gasteiger partial charge < -0.3 is 9.30 Å². The first kappa shape index (κ1) is 14.0. The number of methoxy groups -OCH3 is 1. The summed E-state index contributed by atoms with van der Waals surface area (Å²) in [7, 11) is 2.97. The van der Waals surface area contributed by atoms with Gasteiger partial charge in [-0.1, -0.05) is 0 Å². The number of pyridine rings is 1. The molecule has 0 N–H and O–H groups in total. The summed E-state index contributed by atoms with van der Waals surface area (Å²) in [6.45, 7) is 0. The van der Waals surface area contributed by atoms with Crippen molar-refractivity contribution in [2.45, 2.75) is 10.2 Å². The van der Waals surface area contributed by atoms with E-state index in [1.54, 1.807) is 24.0 Å². The largest absolute Gasteiger partial charge is 0.464 e. The topological polar surface area (TPSA) is 100 Å². The molecule has 8 nitrogen and oxygen atoms in total. The molecule has 2 aromatic heterocycles. The third-order valence-electron chi connectivity index (χ3n) is 2.40. The zero-order chi connectivity index (χ0) is 14.7. The van der Waals surface area contributed by atoms with Crippen molar-refractivity contribution in [3.05, 3.63) is 40.3 Å². The number of carbonyl (C=O) groups excluding carboxylic acids is 1. The molecule has 9 heteroatoms. The standard InChI is InChI=1S/C11H10N4O4S/c1-14-6-5-12-11(14)20-9-8(15(17)18)4-3-7(13-9)10(16)19-2/h3-6H,1-2H3. The number of hydrogen-bond acceptors (Lipinski definition) is 7. The van der Waals surface area contributed by atoms with Gasteiger partial charge in [0.1, 0.15) is 5.69 Å². The van der Waals surface area contributed by atoms with Crippen LogP contribution in [0.3, 0.4) is 0 Å².